The monoisotopic (exact) mass is 266 g/mol. The SMILES string of the molecule is CCOC(OCC)C(C)C1CCC2=CCCCC2C1. The van der Waals surface area contributed by atoms with E-state index in [2.05, 4.69) is 26.8 Å². The smallest absolute Gasteiger partial charge is 0.160 e. The zero-order valence-corrected chi connectivity index (χ0v) is 12.9. The van der Waals surface area contributed by atoms with Crippen molar-refractivity contribution in [3.8, 4) is 0 Å². The second-order valence-corrected chi connectivity index (χ2v) is 6.08. The van der Waals surface area contributed by atoms with Gasteiger partial charge >= 0.3 is 0 Å². The van der Waals surface area contributed by atoms with Gasteiger partial charge in [-0.05, 0) is 64.2 Å². The Bertz CT molecular complexity index is 292. The minimum atomic E-state index is -0.00544. The van der Waals surface area contributed by atoms with Gasteiger partial charge in [-0.2, -0.15) is 0 Å². The molecule has 0 aliphatic heterocycles. The topological polar surface area (TPSA) is 18.5 Å². The number of rotatable bonds is 6. The number of allylic oxidation sites excluding steroid dienone is 2. The normalized spacial score (nSPS) is 28.9. The van der Waals surface area contributed by atoms with Crippen LogP contribution in [0, 0.1) is 17.8 Å². The van der Waals surface area contributed by atoms with Gasteiger partial charge in [0, 0.05) is 19.1 Å². The number of hydrogen-bond donors (Lipinski definition) is 0. The molecule has 0 heterocycles. The minimum Gasteiger partial charge on any atom is -0.353 e. The third-order valence-corrected chi connectivity index (χ3v) is 4.91. The van der Waals surface area contributed by atoms with E-state index in [9.17, 15) is 0 Å². The zero-order valence-electron chi connectivity index (χ0n) is 12.9. The molecule has 0 N–H and O–H groups in total. The van der Waals surface area contributed by atoms with E-state index in [1.165, 1.54) is 38.5 Å². The van der Waals surface area contributed by atoms with Crippen LogP contribution in [-0.4, -0.2) is 19.5 Å². The lowest BCUT2D eigenvalue weighted by atomic mass is 9.69. The maximum absolute atomic E-state index is 5.80. The largest absolute Gasteiger partial charge is 0.353 e. The van der Waals surface area contributed by atoms with E-state index in [-0.39, 0.29) is 6.29 Å². The highest BCUT2D eigenvalue weighted by atomic mass is 16.7. The third-order valence-electron chi connectivity index (χ3n) is 4.91. The number of ether oxygens (including phenoxy) is 2. The van der Waals surface area contributed by atoms with E-state index >= 15 is 0 Å². The number of hydrogen-bond acceptors (Lipinski definition) is 2. The summed E-state index contributed by atoms with van der Waals surface area (Å²) in [5, 5.41) is 0. The highest BCUT2D eigenvalue weighted by Crippen LogP contribution is 2.42. The summed E-state index contributed by atoms with van der Waals surface area (Å²) in [5.41, 5.74) is 1.75. The molecule has 0 aromatic heterocycles. The standard InChI is InChI=1S/C17H30O2/c1-4-18-17(19-5-2)13(3)15-11-10-14-8-6-7-9-16(14)12-15/h8,13,15-17H,4-7,9-12H2,1-3H3. The van der Waals surface area contributed by atoms with Crippen LogP contribution in [0.1, 0.15) is 59.3 Å². The fourth-order valence-corrected chi connectivity index (χ4v) is 3.79. The summed E-state index contributed by atoms with van der Waals surface area (Å²) in [4.78, 5) is 0. The molecular weight excluding hydrogens is 236 g/mol. The fraction of sp³-hybridized carbons (Fsp3) is 0.882. The summed E-state index contributed by atoms with van der Waals surface area (Å²) in [6.45, 7) is 7.92. The quantitative estimate of drug-likeness (QED) is 0.519. The molecular formula is C17H30O2. The van der Waals surface area contributed by atoms with Gasteiger partial charge in [0.15, 0.2) is 6.29 Å². The second-order valence-electron chi connectivity index (χ2n) is 6.08. The van der Waals surface area contributed by atoms with Crippen LogP contribution in [0.2, 0.25) is 0 Å². The molecule has 110 valence electrons. The molecule has 0 saturated heterocycles. The third kappa shape index (κ3) is 3.82. The van der Waals surface area contributed by atoms with Crippen molar-refractivity contribution in [1.29, 1.82) is 0 Å². The first-order valence-electron chi connectivity index (χ1n) is 8.18. The van der Waals surface area contributed by atoms with Crippen molar-refractivity contribution in [2.75, 3.05) is 13.2 Å². The van der Waals surface area contributed by atoms with Crippen LogP contribution in [0.15, 0.2) is 11.6 Å². The van der Waals surface area contributed by atoms with Gasteiger partial charge in [-0.1, -0.05) is 18.6 Å². The Labute approximate surface area is 118 Å². The summed E-state index contributed by atoms with van der Waals surface area (Å²) in [6.07, 6.45) is 10.6. The molecule has 3 atom stereocenters. The maximum atomic E-state index is 5.80. The van der Waals surface area contributed by atoms with Crippen molar-refractivity contribution in [2.24, 2.45) is 17.8 Å². The summed E-state index contributed by atoms with van der Waals surface area (Å²) in [7, 11) is 0. The average Bonchev–Trinajstić information content (AvgIpc) is 2.46. The van der Waals surface area contributed by atoms with Gasteiger partial charge in [0.05, 0.1) is 0 Å². The number of fused-ring (bicyclic) bond motifs is 1. The molecule has 19 heavy (non-hydrogen) atoms. The van der Waals surface area contributed by atoms with E-state index in [1.807, 2.05) is 0 Å². The molecule has 0 bridgehead atoms. The molecule has 2 nitrogen and oxygen atoms in total. The highest BCUT2D eigenvalue weighted by Gasteiger charge is 2.33. The van der Waals surface area contributed by atoms with Crippen molar-refractivity contribution in [1.82, 2.24) is 0 Å². The molecule has 3 unspecified atom stereocenters. The first-order chi connectivity index (χ1) is 9.26. The van der Waals surface area contributed by atoms with Crippen molar-refractivity contribution < 1.29 is 9.47 Å². The van der Waals surface area contributed by atoms with Crippen LogP contribution in [0.5, 0.6) is 0 Å². The Morgan fingerprint density at radius 3 is 2.63 bits per heavy atom. The van der Waals surface area contributed by atoms with Crippen LogP contribution in [-0.2, 0) is 9.47 Å². The zero-order chi connectivity index (χ0) is 13.7. The van der Waals surface area contributed by atoms with Gasteiger partial charge in [0.1, 0.15) is 0 Å². The van der Waals surface area contributed by atoms with Crippen LogP contribution >= 0.6 is 0 Å². The Hall–Kier alpha value is -0.340. The maximum Gasteiger partial charge on any atom is 0.160 e. The summed E-state index contributed by atoms with van der Waals surface area (Å²) >= 11 is 0. The van der Waals surface area contributed by atoms with Crippen molar-refractivity contribution in [2.45, 2.75) is 65.6 Å². The second kappa shape index (κ2) is 7.44. The van der Waals surface area contributed by atoms with E-state index in [1.54, 1.807) is 5.57 Å². The van der Waals surface area contributed by atoms with Gasteiger partial charge in [-0.25, -0.2) is 0 Å². The molecule has 0 aromatic rings. The molecule has 0 amide bonds. The molecule has 1 fully saturated rings. The van der Waals surface area contributed by atoms with E-state index in [0.717, 1.165) is 25.0 Å². The average molecular weight is 266 g/mol. The predicted molar refractivity (Wildman–Crippen MR) is 79.0 cm³/mol. The molecule has 2 aliphatic carbocycles. The van der Waals surface area contributed by atoms with E-state index in [4.69, 9.17) is 9.47 Å². The van der Waals surface area contributed by atoms with Crippen LogP contribution in [0.4, 0.5) is 0 Å². The van der Waals surface area contributed by atoms with Gasteiger partial charge in [-0.15, -0.1) is 0 Å². The molecule has 1 saturated carbocycles. The summed E-state index contributed by atoms with van der Waals surface area (Å²) in [5.74, 6) is 2.14. The Morgan fingerprint density at radius 2 is 1.95 bits per heavy atom. The highest BCUT2D eigenvalue weighted by molar-refractivity contribution is 5.13. The lowest BCUT2D eigenvalue weighted by Crippen LogP contribution is -2.34. The first kappa shape index (κ1) is 15.1. The lowest BCUT2D eigenvalue weighted by molar-refractivity contribution is -0.176. The van der Waals surface area contributed by atoms with Gasteiger partial charge < -0.3 is 9.47 Å². The predicted octanol–water partition coefficient (Wildman–Crippen LogP) is 4.55. The van der Waals surface area contributed by atoms with Crippen LogP contribution in [0.3, 0.4) is 0 Å². The Morgan fingerprint density at radius 1 is 1.21 bits per heavy atom. The molecule has 2 aliphatic rings. The molecule has 0 radical (unpaired) electrons. The van der Waals surface area contributed by atoms with Gasteiger partial charge in [0.25, 0.3) is 0 Å². The van der Waals surface area contributed by atoms with Crippen molar-refractivity contribution >= 4 is 0 Å². The Balaban J connectivity index is 1.93. The van der Waals surface area contributed by atoms with Crippen LogP contribution < -0.4 is 0 Å². The van der Waals surface area contributed by atoms with Crippen LogP contribution in [0.25, 0.3) is 0 Å². The van der Waals surface area contributed by atoms with Gasteiger partial charge in [0.2, 0.25) is 0 Å². The minimum absolute atomic E-state index is 0.00544. The first-order valence-corrected chi connectivity index (χ1v) is 8.18. The fourth-order valence-electron chi connectivity index (χ4n) is 3.79. The molecule has 0 aromatic carbocycles. The molecule has 2 heteroatoms. The summed E-state index contributed by atoms with van der Waals surface area (Å²) < 4.78 is 11.6. The van der Waals surface area contributed by atoms with E-state index < -0.39 is 0 Å². The van der Waals surface area contributed by atoms with E-state index in [0.29, 0.717) is 5.92 Å². The lowest BCUT2D eigenvalue weighted by Gasteiger charge is -2.39. The van der Waals surface area contributed by atoms with Crippen molar-refractivity contribution in [3.05, 3.63) is 11.6 Å². The molecule has 2 rings (SSSR count). The van der Waals surface area contributed by atoms with Crippen molar-refractivity contribution in [3.63, 3.8) is 0 Å². The van der Waals surface area contributed by atoms with Gasteiger partial charge in [-0.3, -0.25) is 0 Å². The Kier molecular flexibility index (Phi) is 5.90. The summed E-state index contributed by atoms with van der Waals surface area (Å²) in [6, 6.07) is 0. The molecule has 0 spiro atoms.